The fraction of sp³-hybridized carbons (Fsp3) is 0.346. The number of nitrogens with two attached hydrogens (primary N) is 2. The fourth-order valence-corrected chi connectivity index (χ4v) is 3.57. The molecule has 0 aliphatic carbocycles. The van der Waals surface area contributed by atoms with E-state index >= 15 is 0 Å². The molecule has 4 unspecified atom stereocenters. The van der Waals surface area contributed by atoms with Crippen LogP contribution in [0.2, 0.25) is 0 Å². The summed E-state index contributed by atoms with van der Waals surface area (Å²) in [5.41, 5.74) is 12.2. The molecule has 0 aliphatic heterocycles. The predicted octanol–water partition coefficient (Wildman–Crippen LogP) is -1.70. The highest BCUT2D eigenvalue weighted by atomic mass is 16.4. The molecule has 0 aromatic heterocycles. The Balaban J connectivity index is 2.28. The largest absolute Gasteiger partial charge is 0.508 e. The number of phenols is 1. The second kappa shape index (κ2) is 15.1. The first-order chi connectivity index (χ1) is 18.5. The topological polar surface area (TPSA) is 234 Å². The molecule has 0 saturated carbocycles. The summed E-state index contributed by atoms with van der Waals surface area (Å²) in [5.74, 6) is -4.49. The predicted molar refractivity (Wildman–Crippen MR) is 139 cm³/mol. The molecule has 0 saturated heterocycles. The van der Waals surface area contributed by atoms with Gasteiger partial charge in [0.05, 0.1) is 12.6 Å². The van der Waals surface area contributed by atoms with E-state index in [1.807, 2.05) is 0 Å². The Hall–Kier alpha value is -4.49. The molecule has 13 nitrogen and oxygen atoms in total. The van der Waals surface area contributed by atoms with Gasteiger partial charge in [0.2, 0.25) is 23.6 Å². The van der Waals surface area contributed by atoms with Gasteiger partial charge >= 0.3 is 5.97 Å². The maximum absolute atomic E-state index is 13.4. The molecule has 4 atom stereocenters. The Kier molecular flexibility index (Phi) is 11.9. The minimum Gasteiger partial charge on any atom is -0.508 e. The smallest absolute Gasteiger partial charge is 0.328 e. The van der Waals surface area contributed by atoms with E-state index in [-0.39, 0.29) is 31.4 Å². The van der Waals surface area contributed by atoms with Gasteiger partial charge in [0, 0.05) is 19.3 Å². The zero-order valence-electron chi connectivity index (χ0n) is 21.1. The first-order valence-electron chi connectivity index (χ1n) is 12.1. The van der Waals surface area contributed by atoms with Gasteiger partial charge in [-0.1, -0.05) is 42.5 Å². The standard InChI is InChI=1S/C26H33N5O8/c27-18(10-11-22(28)34)23(35)29-19(12-15-4-2-1-3-5-15)24(36)30-20(13-16-6-8-17(33)9-7-16)25(37)31-21(14-32)26(38)39/h1-9,18-21,32-33H,10-14,27H2,(H2,28,34)(H,29,35)(H,30,36)(H,31,37)(H,38,39). The van der Waals surface area contributed by atoms with Gasteiger partial charge < -0.3 is 42.7 Å². The van der Waals surface area contributed by atoms with Crippen molar-refractivity contribution < 1.29 is 39.3 Å². The summed E-state index contributed by atoms with van der Waals surface area (Å²) >= 11 is 0. The zero-order valence-corrected chi connectivity index (χ0v) is 21.1. The van der Waals surface area contributed by atoms with E-state index in [9.17, 15) is 39.3 Å². The quantitative estimate of drug-likeness (QED) is 0.128. The molecule has 0 aliphatic rings. The van der Waals surface area contributed by atoms with Crippen LogP contribution in [0.1, 0.15) is 24.0 Å². The highest BCUT2D eigenvalue weighted by Crippen LogP contribution is 2.12. The number of carbonyl (C=O) groups is 5. The van der Waals surface area contributed by atoms with E-state index in [0.29, 0.717) is 11.1 Å². The molecule has 2 aromatic rings. The highest BCUT2D eigenvalue weighted by Gasteiger charge is 2.30. The number of rotatable bonds is 15. The van der Waals surface area contributed by atoms with Crippen LogP contribution < -0.4 is 27.4 Å². The van der Waals surface area contributed by atoms with Gasteiger partial charge in [-0.3, -0.25) is 19.2 Å². The van der Waals surface area contributed by atoms with Crippen LogP contribution in [0.4, 0.5) is 0 Å². The molecule has 0 spiro atoms. The van der Waals surface area contributed by atoms with E-state index < -0.39 is 60.4 Å². The number of aliphatic hydroxyl groups is 1. The summed E-state index contributed by atoms with van der Waals surface area (Å²) in [6.07, 6.45) is -0.234. The summed E-state index contributed by atoms with van der Waals surface area (Å²) < 4.78 is 0. The van der Waals surface area contributed by atoms with Gasteiger partial charge in [-0.25, -0.2) is 4.79 Å². The van der Waals surface area contributed by atoms with Gasteiger partial charge in [-0.2, -0.15) is 0 Å². The molecule has 4 amide bonds. The Morgan fingerprint density at radius 2 is 1.23 bits per heavy atom. The van der Waals surface area contributed by atoms with Crippen LogP contribution in [0, 0.1) is 0 Å². The monoisotopic (exact) mass is 543 g/mol. The first-order valence-corrected chi connectivity index (χ1v) is 12.1. The molecule has 0 bridgehead atoms. The number of hydrogen-bond acceptors (Lipinski definition) is 8. The van der Waals surface area contributed by atoms with Crippen molar-refractivity contribution in [2.24, 2.45) is 11.5 Å². The zero-order chi connectivity index (χ0) is 28.9. The number of carboxylic acids is 1. The van der Waals surface area contributed by atoms with E-state index in [2.05, 4.69) is 16.0 Å². The minimum atomic E-state index is -1.61. The van der Waals surface area contributed by atoms with Crippen molar-refractivity contribution in [3.8, 4) is 5.75 Å². The highest BCUT2D eigenvalue weighted by molar-refractivity contribution is 5.94. The SMILES string of the molecule is NC(=O)CCC(N)C(=O)NC(Cc1ccccc1)C(=O)NC(Cc1ccc(O)cc1)C(=O)NC(CO)C(=O)O. The third-order valence-corrected chi connectivity index (χ3v) is 5.76. The molecule has 210 valence electrons. The number of primary amides is 1. The van der Waals surface area contributed by atoms with E-state index in [1.165, 1.54) is 24.3 Å². The number of benzene rings is 2. The summed E-state index contributed by atoms with van der Waals surface area (Å²) in [7, 11) is 0. The maximum Gasteiger partial charge on any atom is 0.328 e. The van der Waals surface area contributed by atoms with Crippen LogP contribution in [0.25, 0.3) is 0 Å². The normalized spacial score (nSPS) is 13.8. The van der Waals surface area contributed by atoms with Crippen molar-refractivity contribution in [3.05, 3.63) is 65.7 Å². The van der Waals surface area contributed by atoms with E-state index in [1.54, 1.807) is 30.3 Å². The lowest BCUT2D eigenvalue weighted by molar-refractivity contribution is -0.143. The fourth-order valence-electron chi connectivity index (χ4n) is 3.57. The molecule has 2 aromatic carbocycles. The van der Waals surface area contributed by atoms with Crippen LogP contribution in [-0.2, 0) is 36.8 Å². The lowest BCUT2D eigenvalue weighted by Crippen LogP contribution is -2.58. The van der Waals surface area contributed by atoms with Crippen LogP contribution in [-0.4, -0.2) is 75.7 Å². The van der Waals surface area contributed by atoms with Gasteiger partial charge in [0.1, 0.15) is 23.9 Å². The number of carboxylic acid groups (broad SMARTS) is 1. The first kappa shape index (κ1) is 30.7. The van der Waals surface area contributed by atoms with Crippen LogP contribution in [0.5, 0.6) is 5.75 Å². The van der Waals surface area contributed by atoms with E-state index in [0.717, 1.165) is 0 Å². The lowest BCUT2D eigenvalue weighted by Gasteiger charge is -2.25. The Bertz CT molecular complexity index is 1140. The molecular weight excluding hydrogens is 510 g/mol. The summed E-state index contributed by atoms with van der Waals surface area (Å²) in [5, 5.41) is 35.3. The molecule has 2 rings (SSSR count). The number of aliphatic hydroxyl groups excluding tert-OH is 1. The number of nitrogens with one attached hydrogen (secondary N) is 3. The molecule has 0 radical (unpaired) electrons. The molecule has 39 heavy (non-hydrogen) atoms. The minimum absolute atomic E-state index is 0.0201. The van der Waals surface area contributed by atoms with Crippen LogP contribution in [0.15, 0.2) is 54.6 Å². The van der Waals surface area contributed by atoms with Crippen molar-refractivity contribution in [2.75, 3.05) is 6.61 Å². The van der Waals surface area contributed by atoms with Crippen molar-refractivity contribution in [1.82, 2.24) is 16.0 Å². The molecule has 0 heterocycles. The molecule has 13 heteroatoms. The number of carbonyl (C=O) groups excluding carboxylic acids is 4. The maximum atomic E-state index is 13.4. The Labute approximate surface area is 224 Å². The number of aliphatic carboxylic acids is 1. The van der Waals surface area contributed by atoms with Gasteiger partial charge in [-0.05, 0) is 29.7 Å². The number of phenolic OH excluding ortho intramolecular Hbond substituents is 1. The van der Waals surface area contributed by atoms with E-state index in [4.69, 9.17) is 11.5 Å². The molecule has 0 fully saturated rings. The summed E-state index contributed by atoms with van der Waals surface area (Å²) in [4.78, 5) is 61.5. The average molecular weight is 544 g/mol. The van der Waals surface area contributed by atoms with Crippen molar-refractivity contribution in [2.45, 2.75) is 49.9 Å². The van der Waals surface area contributed by atoms with Crippen molar-refractivity contribution in [3.63, 3.8) is 0 Å². The number of amides is 4. The summed E-state index contributed by atoms with van der Waals surface area (Å²) in [6.45, 7) is -0.878. The second-order valence-electron chi connectivity index (χ2n) is 8.88. The third kappa shape index (κ3) is 10.4. The average Bonchev–Trinajstić information content (AvgIpc) is 2.90. The summed E-state index contributed by atoms with van der Waals surface area (Å²) in [6, 6.07) is 9.29. The van der Waals surface area contributed by atoms with Crippen LogP contribution >= 0.6 is 0 Å². The van der Waals surface area contributed by atoms with Gasteiger partial charge in [-0.15, -0.1) is 0 Å². The number of aromatic hydroxyl groups is 1. The Morgan fingerprint density at radius 3 is 1.72 bits per heavy atom. The van der Waals surface area contributed by atoms with Crippen LogP contribution in [0.3, 0.4) is 0 Å². The molecular formula is C26H33N5O8. The van der Waals surface area contributed by atoms with Crippen molar-refractivity contribution in [1.29, 1.82) is 0 Å². The van der Waals surface area contributed by atoms with Gasteiger partial charge in [0.15, 0.2) is 0 Å². The van der Waals surface area contributed by atoms with Gasteiger partial charge in [0.25, 0.3) is 0 Å². The van der Waals surface area contributed by atoms with Crippen molar-refractivity contribution >= 4 is 29.6 Å². The lowest BCUT2D eigenvalue weighted by atomic mass is 10.0. The Morgan fingerprint density at radius 1 is 0.744 bits per heavy atom. The molecule has 10 N–H and O–H groups in total. The second-order valence-corrected chi connectivity index (χ2v) is 8.88. The third-order valence-electron chi connectivity index (χ3n) is 5.76. The number of hydrogen-bond donors (Lipinski definition) is 8.